The number of rotatable bonds is 8. The number of fused-ring (bicyclic) bond motifs is 1. The lowest BCUT2D eigenvalue weighted by Crippen LogP contribution is -2.35. The number of aromatic amines is 2. The van der Waals surface area contributed by atoms with Crippen molar-refractivity contribution in [1.82, 2.24) is 35.8 Å². The molecule has 0 bridgehead atoms. The minimum Gasteiger partial charge on any atom is -0.394 e. The number of nitrogens with zero attached hydrogens (tertiary/aromatic N) is 3. The highest BCUT2D eigenvalue weighted by molar-refractivity contribution is 5.96. The molecule has 0 radical (unpaired) electrons. The van der Waals surface area contributed by atoms with Gasteiger partial charge in [0.2, 0.25) is 0 Å². The Bertz CT molecular complexity index is 1240. The van der Waals surface area contributed by atoms with Gasteiger partial charge in [-0.15, -0.1) is 0 Å². The monoisotopic (exact) mass is 433 g/mol. The molecule has 9 heteroatoms. The molecule has 0 aliphatic rings. The predicted molar refractivity (Wildman–Crippen MR) is 123 cm³/mol. The summed E-state index contributed by atoms with van der Waals surface area (Å²) in [5, 5.41) is 23.5. The SMILES string of the molecule is CCNCc1cncc(-c2ccc3[nH]nc(-c4ncc(C(=O)NC(C)CO)[nH]4)c3c2)c1C. The first kappa shape index (κ1) is 21.7. The molecule has 3 heterocycles. The van der Waals surface area contributed by atoms with Crippen LogP contribution in [-0.2, 0) is 6.54 Å². The smallest absolute Gasteiger partial charge is 0.269 e. The van der Waals surface area contributed by atoms with Gasteiger partial charge in [0, 0.05) is 35.9 Å². The number of aliphatic hydroxyl groups is 1. The van der Waals surface area contributed by atoms with E-state index >= 15 is 0 Å². The molecule has 1 amide bonds. The Morgan fingerprint density at radius 1 is 1.25 bits per heavy atom. The molecule has 0 saturated carbocycles. The first-order valence-corrected chi connectivity index (χ1v) is 10.6. The molecule has 0 saturated heterocycles. The highest BCUT2D eigenvalue weighted by Gasteiger charge is 2.17. The van der Waals surface area contributed by atoms with Gasteiger partial charge in [-0.1, -0.05) is 13.0 Å². The van der Waals surface area contributed by atoms with Gasteiger partial charge in [0.25, 0.3) is 5.91 Å². The Morgan fingerprint density at radius 3 is 2.88 bits per heavy atom. The molecular weight excluding hydrogens is 406 g/mol. The second kappa shape index (κ2) is 9.29. The van der Waals surface area contributed by atoms with Crippen LogP contribution >= 0.6 is 0 Å². The van der Waals surface area contributed by atoms with Crippen molar-refractivity contribution in [2.75, 3.05) is 13.2 Å². The molecule has 3 aromatic heterocycles. The number of pyridine rings is 1. The van der Waals surface area contributed by atoms with Gasteiger partial charge in [0.05, 0.1) is 18.3 Å². The van der Waals surface area contributed by atoms with Crippen molar-refractivity contribution < 1.29 is 9.90 Å². The third-order valence-electron chi connectivity index (χ3n) is 5.46. The van der Waals surface area contributed by atoms with Crippen LogP contribution in [0.4, 0.5) is 0 Å². The maximum Gasteiger partial charge on any atom is 0.269 e. The lowest BCUT2D eigenvalue weighted by molar-refractivity contribution is 0.0918. The molecule has 0 fully saturated rings. The molecule has 9 nitrogen and oxygen atoms in total. The van der Waals surface area contributed by atoms with E-state index in [4.69, 9.17) is 5.11 Å². The molecule has 32 heavy (non-hydrogen) atoms. The number of benzene rings is 1. The van der Waals surface area contributed by atoms with Crippen molar-refractivity contribution in [3.63, 3.8) is 0 Å². The van der Waals surface area contributed by atoms with E-state index in [1.165, 1.54) is 11.8 Å². The van der Waals surface area contributed by atoms with Crippen LogP contribution in [0.15, 0.2) is 36.8 Å². The third kappa shape index (κ3) is 4.25. The van der Waals surface area contributed by atoms with Crippen molar-refractivity contribution in [2.24, 2.45) is 0 Å². The number of hydrogen-bond donors (Lipinski definition) is 5. The summed E-state index contributed by atoms with van der Waals surface area (Å²) in [6, 6.07) is 5.74. The number of carbonyl (C=O) groups excluding carboxylic acids is 1. The lowest BCUT2D eigenvalue weighted by atomic mass is 9.98. The largest absolute Gasteiger partial charge is 0.394 e. The van der Waals surface area contributed by atoms with E-state index in [0.29, 0.717) is 17.2 Å². The highest BCUT2D eigenvalue weighted by atomic mass is 16.3. The molecule has 4 aromatic rings. The zero-order chi connectivity index (χ0) is 22.7. The Labute approximate surface area is 185 Å². The molecule has 4 rings (SSSR count). The Hall–Kier alpha value is -3.56. The average molecular weight is 434 g/mol. The number of imidazole rings is 1. The van der Waals surface area contributed by atoms with Crippen LogP contribution in [0.2, 0.25) is 0 Å². The Kier molecular flexibility index (Phi) is 6.29. The summed E-state index contributed by atoms with van der Waals surface area (Å²) in [6.07, 6.45) is 5.25. The fourth-order valence-electron chi connectivity index (χ4n) is 3.56. The number of aromatic nitrogens is 5. The molecule has 0 aliphatic heterocycles. The molecule has 1 atom stereocenters. The summed E-state index contributed by atoms with van der Waals surface area (Å²) in [5.41, 5.74) is 6.25. The summed E-state index contributed by atoms with van der Waals surface area (Å²) in [4.78, 5) is 24.1. The molecule has 5 N–H and O–H groups in total. The fraction of sp³-hybridized carbons (Fsp3) is 0.304. The number of nitrogens with one attached hydrogen (secondary N) is 4. The topological polar surface area (TPSA) is 132 Å². The van der Waals surface area contributed by atoms with E-state index in [9.17, 15) is 4.79 Å². The van der Waals surface area contributed by atoms with Crippen LogP contribution in [0.5, 0.6) is 0 Å². The summed E-state index contributed by atoms with van der Waals surface area (Å²) in [6.45, 7) is 7.45. The van der Waals surface area contributed by atoms with Gasteiger partial charge in [-0.05, 0) is 49.2 Å². The number of hydrogen-bond acceptors (Lipinski definition) is 6. The first-order valence-electron chi connectivity index (χ1n) is 10.6. The minimum absolute atomic E-state index is 0.135. The van der Waals surface area contributed by atoms with Crippen LogP contribution in [0.3, 0.4) is 0 Å². The Balaban J connectivity index is 1.69. The Morgan fingerprint density at radius 2 is 2.09 bits per heavy atom. The number of H-pyrrole nitrogens is 2. The molecule has 1 aromatic carbocycles. The summed E-state index contributed by atoms with van der Waals surface area (Å²) in [7, 11) is 0. The van der Waals surface area contributed by atoms with Gasteiger partial charge in [-0.25, -0.2) is 4.98 Å². The van der Waals surface area contributed by atoms with Crippen molar-refractivity contribution in [3.8, 4) is 22.6 Å². The van der Waals surface area contributed by atoms with Gasteiger partial charge in [-0.2, -0.15) is 5.10 Å². The third-order valence-corrected chi connectivity index (χ3v) is 5.46. The van der Waals surface area contributed by atoms with Crippen molar-refractivity contribution >= 4 is 16.8 Å². The van der Waals surface area contributed by atoms with Gasteiger partial charge in [-0.3, -0.25) is 14.9 Å². The molecule has 0 spiro atoms. The van der Waals surface area contributed by atoms with Crippen LogP contribution in [0, 0.1) is 6.92 Å². The van der Waals surface area contributed by atoms with Crippen LogP contribution < -0.4 is 10.6 Å². The second-order valence-electron chi connectivity index (χ2n) is 7.79. The van der Waals surface area contributed by atoms with Crippen molar-refractivity contribution in [3.05, 3.63) is 53.6 Å². The van der Waals surface area contributed by atoms with E-state index in [2.05, 4.69) is 55.7 Å². The molecule has 0 aliphatic carbocycles. The number of amides is 1. The number of aliphatic hydroxyl groups excluding tert-OH is 1. The number of carbonyl (C=O) groups is 1. The minimum atomic E-state index is -0.344. The van der Waals surface area contributed by atoms with Crippen molar-refractivity contribution in [2.45, 2.75) is 33.4 Å². The van der Waals surface area contributed by atoms with Crippen LogP contribution in [-0.4, -0.2) is 55.4 Å². The first-order chi connectivity index (χ1) is 15.5. The molecular formula is C23H27N7O2. The molecule has 1 unspecified atom stereocenters. The quantitative estimate of drug-likeness (QED) is 0.290. The van der Waals surface area contributed by atoms with E-state index in [1.807, 2.05) is 24.5 Å². The van der Waals surface area contributed by atoms with Gasteiger partial charge in [0.1, 0.15) is 11.4 Å². The fourth-order valence-corrected chi connectivity index (χ4v) is 3.56. The summed E-state index contributed by atoms with van der Waals surface area (Å²) in [5.74, 6) is 0.163. The van der Waals surface area contributed by atoms with E-state index in [0.717, 1.165) is 40.7 Å². The summed E-state index contributed by atoms with van der Waals surface area (Å²) >= 11 is 0. The molecule has 166 valence electrons. The average Bonchev–Trinajstić information content (AvgIpc) is 3.45. The predicted octanol–water partition coefficient (Wildman–Crippen LogP) is 2.54. The highest BCUT2D eigenvalue weighted by Crippen LogP contribution is 2.31. The van der Waals surface area contributed by atoms with Crippen LogP contribution in [0.1, 0.15) is 35.5 Å². The maximum atomic E-state index is 12.3. The van der Waals surface area contributed by atoms with Gasteiger partial charge in [0.15, 0.2) is 5.82 Å². The van der Waals surface area contributed by atoms with Crippen LogP contribution in [0.25, 0.3) is 33.5 Å². The van der Waals surface area contributed by atoms with E-state index in [-0.39, 0.29) is 18.6 Å². The van der Waals surface area contributed by atoms with Crippen molar-refractivity contribution in [1.29, 1.82) is 0 Å². The second-order valence-corrected chi connectivity index (χ2v) is 7.79. The van der Waals surface area contributed by atoms with Gasteiger partial charge >= 0.3 is 0 Å². The zero-order valence-electron chi connectivity index (χ0n) is 18.4. The standard InChI is InChI=1S/C23H27N7O2/c1-4-24-8-16-9-25-10-18(14(16)3)15-5-6-19-17(7-15)21(30-29-19)22-26-11-20(28-22)23(32)27-13(2)12-31/h5-7,9-11,13,24,31H,4,8,12H2,1-3H3,(H,26,28)(H,27,32)(H,29,30). The van der Waals surface area contributed by atoms with Gasteiger partial charge < -0.3 is 20.7 Å². The normalized spacial score (nSPS) is 12.2. The van der Waals surface area contributed by atoms with E-state index in [1.54, 1.807) is 6.92 Å². The zero-order valence-corrected chi connectivity index (χ0v) is 18.4. The maximum absolute atomic E-state index is 12.3. The lowest BCUT2D eigenvalue weighted by Gasteiger charge is -2.11. The summed E-state index contributed by atoms with van der Waals surface area (Å²) < 4.78 is 0. The van der Waals surface area contributed by atoms with E-state index < -0.39 is 0 Å².